The number of rotatable bonds is 20. The van der Waals surface area contributed by atoms with E-state index in [2.05, 4.69) is 21.3 Å². The van der Waals surface area contributed by atoms with Gasteiger partial charge in [-0.3, -0.25) is 43.3 Å². The first-order chi connectivity index (χ1) is 48.7. The van der Waals surface area contributed by atoms with Crippen LogP contribution in [0.2, 0.25) is 0 Å². The predicted molar refractivity (Wildman–Crippen MR) is 381 cm³/mol. The van der Waals surface area contributed by atoms with Crippen LogP contribution in [0.4, 0.5) is 10.6 Å². The lowest BCUT2D eigenvalue weighted by Gasteiger charge is -2.29. The predicted octanol–water partition coefficient (Wildman–Crippen LogP) is 10.8. The molecule has 101 heavy (non-hydrogen) atoms. The number of thiazole rings is 6. The Morgan fingerprint density at radius 3 is 2.13 bits per heavy atom. The molecule has 0 saturated heterocycles. The van der Waals surface area contributed by atoms with E-state index in [1.165, 1.54) is 97.1 Å². The number of carbonyl (C=O) groups is 9. The summed E-state index contributed by atoms with van der Waals surface area (Å²) in [7, 11) is 6.86. The van der Waals surface area contributed by atoms with Crippen molar-refractivity contribution in [2.24, 2.45) is 17.8 Å². The lowest BCUT2D eigenvalue weighted by molar-refractivity contribution is -0.148. The third-order valence-corrected chi connectivity index (χ3v) is 23.0. The quantitative estimate of drug-likeness (QED) is 0.0269. The van der Waals surface area contributed by atoms with Crippen molar-refractivity contribution in [3.05, 3.63) is 111 Å². The number of fused-ring (bicyclic) bond motifs is 14. The van der Waals surface area contributed by atoms with Crippen LogP contribution in [0.1, 0.15) is 170 Å². The van der Waals surface area contributed by atoms with Gasteiger partial charge in [0.05, 0.1) is 74.4 Å². The van der Waals surface area contributed by atoms with Gasteiger partial charge >= 0.3 is 24.0 Å². The Morgan fingerprint density at radius 2 is 1.41 bits per heavy atom. The van der Waals surface area contributed by atoms with Gasteiger partial charge in [-0.25, -0.2) is 39.7 Å². The number of unbranched alkanes of at least 4 members (excludes halogenated alkanes) is 1. The smallest absolute Gasteiger partial charge is 0.415 e. The molecule has 1 unspecified atom stereocenters. The second-order valence-corrected chi connectivity index (χ2v) is 30.1. The van der Waals surface area contributed by atoms with Crippen LogP contribution in [0, 0.1) is 24.7 Å². The Morgan fingerprint density at radius 1 is 0.693 bits per heavy atom. The van der Waals surface area contributed by atoms with Gasteiger partial charge in [-0.1, -0.05) is 50.6 Å². The molecule has 534 valence electrons. The molecule has 1 aliphatic heterocycles. The molecule has 10 rings (SSSR count). The number of nitrogens with one attached hydrogen (secondary N) is 4. The molecule has 0 spiro atoms. The van der Waals surface area contributed by atoms with Gasteiger partial charge in [0.25, 0.3) is 11.8 Å². The summed E-state index contributed by atoms with van der Waals surface area (Å²) in [5.41, 5.74) is 2.57. The van der Waals surface area contributed by atoms with Crippen LogP contribution in [-0.4, -0.2) is 148 Å². The van der Waals surface area contributed by atoms with Crippen LogP contribution in [0.25, 0.3) is 43.4 Å². The minimum absolute atomic E-state index is 0.00274. The highest BCUT2D eigenvalue weighted by molar-refractivity contribution is 7.15. The number of esters is 3. The summed E-state index contributed by atoms with van der Waals surface area (Å²) in [5.74, 6) is -5.22. The molecule has 5 amide bonds. The normalized spacial score (nSPS) is 18.1. The third-order valence-electron chi connectivity index (χ3n) is 17.2. The molecule has 0 radical (unpaired) electrons. The summed E-state index contributed by atoms with van der Waals surface area (Å²) in [5, 5.41) is 32.3. The van der Waals surface area contributed by atoms with Crippen LogP contribution >= 0.6 is 68.0 Å². The number of anilines is 1. The van der Waals surface area contributed by atoms with Crippen LogP contribution in [0.5, 0.6) is 0 Å². The van der Waals surface area contributed by atoms with Crippen molar-refractivity contribution < 1.29 is 71.9 Å². The van der Waals surface area contributed by atoms with Gasteiger partial charge in [-0.2, -0.15) is 0 Å². The number of hydrogen-bond donors (Lipinski definition) is 5. The fourth-order valence-electron chi connectivity index (χ4n) is 11.6. The molecule has 5 N–H and O–H groups in total. The Labute approximate surface area is 605 Å². The van der Waals surface area contributed by atoms with E-state index >= 15 is 0 Å². The highest BCUT2D eigenvalue weighted by Gasteiger charge is 2.35. The first-order valence-electron chi connectivity index (χ1n) is 32.5. The van der Waals surface area contributed by atoms with Crippen LogP contribution in [0.3, 0.4) is 0 Å². The summed E-state index contributed by atoms with van der Waals surface area (Å²) in [6, 6.07) is 10.1. The molecule has 7 aromatic heterocycles. The minimum atomic E-state index is -1.31. The van der Waals surface area contributed by atoms with Gasteiger partial charge in [-0.05, 0) is 75.5 Å². The minimum Gasteiger partial charge on any atom is -0.469 e. The zero-order valence-electron chi connectivity index (χ0n) is 56.6. The van der Waals surface area contributed by atoms with Gasteiger partial charge in [0.1, 0.15) is 83.3 Å². The number of aliphatic hydroxyl groups is 1. The van der Waals surface area contributed by atoms with Crippen molar-refractivity contribution in [2.75, 3.05) is 53.5 Å². The van der Waals surface area contributed by atoms with Gasteiger partial charge in [0, 0.05) is 71.4 Å². The Kier molecular flexibility index (Phi) is 25.8. The number of aromatic nitrogens is 7. The first kappa shape index (κ1) is 75.0. The number of pyridine rings is 1. The molecule has 2 aliphatic rings. The largest absolute Gasteiger partial charge is 0.469 e. The van der Waals surface area contributed by atoms with E-state index < -0.39 is 84.3 Å². The maximum atomic E-state index is 14.5. The zero-order chi connectivity index (χ0) is 72.0. The Hall–Kier alpha value is -8.70. The summed E-state index contributed by atoms with van der Waals surface area (Å²) in [6.07, 6.45) is 0.527. The Balaban J connectivity index is 1.02. The van der Waals surface area contributed by atoms with Crippen molar-refractivity contribution >= 4 is 127 Å². The SMILES string of the molecule is CNC(=O)C[C@@H]1NC(=O)c2csc(n2)-c2ccc(-c3nc(N(CCCCC(CCC(=O)OC)C(=O)OC)C(=O)OC4CCC(C(=O)OC)CC4)cs3)nc2-c2csc(n2)-c2csc(n2)[C@H]([C@@H](O)c2ccccc2)NC(=O)CNC(=O)c2nc(sc2COC)[C@H](C(C)C)CC(=O)c2nc1sc2C. The van der Waals surface area contributed by atoms with Crippen molar-refractivity contribution in [2.45, 2.75) is 128 Å². The number of nitrogens with zero attached hydrogens (tertiary/aromatic N) is 8. The highest BCUT2D eigenvalue weighted by Crippen LogP contribution is 2.42. The van der Waals surface area contributed by atoms with Crippen molar-refractivity contribution in [3.8, 4) is 43.4 Å². The standard InChI is InChI=1S/C68H76N12O15S6/c1-34(2)41-26-47(81)53-35(3)100-64(78-53)43(27-50(82)69-4)72-58(86)45-31-96-60(74-45)40-22-23-42(62-76-49(33-99-62)80(68(90)95-39-20-17-38(18-21-39)67(89)94-8)25-13-12-16-37(66(88)93-7)19-24-52(84)92-6)71-54(40)44-30-97-63(73-44)46-32-98-65(75-46)56(57(85)36-14-10-9-11-15-36)77-51(83)28-70-59(87)55-48(29-91-5)101-61(41)79-55/h9-11,14-15,22-23,30-34,37-39,41,43,56-57,85H,12-13,16-21,24-29H2,1-8H3,(H,69,82)(H,70,87)(H,72,86)(H,77,83)/t37?,38?,39?,41-,43-,56-,57-/m0/s1. The molecule has 1 aliphatic carbocycles. The summed E-state index contributed by atoms with van der Waals surface area (Å²) < 4.78 is 26.5. The number of aliphatic hydroxyl groups excluding tert-OH is 1. The van der Waals surface area contributed by atoms with E-state index in [1.54, 1.807) is 70.9 Å². The second kappa shape index (κ2) is 34.8. The van der Waals surface area contributed by atoms with E-state index in [0.717, 1.165) is 11.3 Å². The summed E-state index contributed by atoms with van der Waals surface area (Å²) in [6.45, 7) is 5.22. The van der Waals surface area contributed by atoms with E-state index in [4.69, 9.17) is 58.6 Å². The van der Waals surface area contributed by atoms with Crippen molar-refractivity contribution in [3.63, 3.8) is 0 Å². The number of methoxy groups -OCH3 is 4. The zero-order valence-corrected chi connectivity index (χ0v) is 61.5. The van der Waals surface area contributed by atoms with Crippen LogP contribution in [0.15, 0.2) is 64.0 Å². The first-order valence-corrected chi connectivity index (χ1v) is 37.7. The van der Waals surface area contributed by atoms with E-state index in [0.29, 0.717) is 119 Å². The molecule has 1 saturated carbocycles. The molecule has 5 atom stereocenters. The average Bonchev–Trinajstić information content (AvgIpc) is 1.69. The molecule has 1 fully saturated rings. The molecular formula is C68H76N12O15S6. The molecule has 33 heteroatoms. The third kappa shape index (κ3) is 18.5. The number of benzene rings is 1. The number of ketones is 1. The topological polar surface area (TPSA) is 362 Å². The fourth-order valence-corrected chi connectivity index (χ4v) is 17.3. The van der Waals surface area contributed by atoms with E-state index in [-0.39, 0.29) is 85.3 Å². The number of carbonyl (C=O) groups excluding carboxylic acids is 9. The maximum absolute atomic E-state index is 14.5. The van der Waals surface area contributed by atoms with Gasteiger partial charge < -0.3 is 50.1 Å². The maximum Gasteiger partial charge on any atom is 0.415 e. The number of aryl methyl sites for hydroxylation is 1. The van der Waals surface area contributed by atoms with Gasteiger partial charge in [-0.15, -0.1) is 68.0 Å². The van der Waals surface area contributed by atoms with Crippen LogP contribution < -0.4 is 26.2 Å². The monoisotopic (exact) mass is 1490 g/mol. The average molecular weight is 1490 g/mol. The van der Waals surface area contributed by atoms with Crippen molar-refractivity contribution in [1.82, 2.24) is 56.2 Å². The Bertz CT molecular complexity index is 4290. The van der Waals surface area contributed by atoms with Crippen LogP contribution in [-0.2, 0) is 54.3 Å². The van der Waals surface area contributed by atoms with Gasteiger partial charge in [0.15, 0.2) is 5.78 Å². The molecule has 10 bridgehead atoms. The second-order valence-electron chi connectivity index (χ2n) is 24.3. The number of hydrogen-bond acceptors (Lipinski definition) is 28. The lowest BCUT2D eigenvalue weighted by Crippen LogP contribution is -2.40. The molecular weight excluding hydrogens is 1420 g/mol. The fraction of sp³-hybridized carbons (Fsp3) is 0.441. The number of amides is 5. The van der Waals surface area contributed by atoms with E-state index in [1.807, 2.05) is 13.8 Å². The molecule has 27 nitrogen and oxygen atoms in total. The number of Topliss-reactive ketones (excluding diaryl/α,β-unsaturated/α-hetero) is 1. The summed E-state index contributed by atoms with van der Waals surface area (Å²) in [4.78, 5) is 159. The van der Waals surface area contributed by atoms with E-state index in [9.17, 15) is 48.3 Å². The number of ether oxygens (including phenoxy) is 5. The van der Waals surface area contributed by atoms with Gasteiger partial charge in [0.2, 0.25) is 11.8 Å². The highest BCUT2D eigenvalue weighted by atomic mass is 32.1. The summed E-state index contributed by atoms with van der Waals surface area (Å²) >= 11 is 7.17. The van der Waals surface area contributed by atoms with Crippen molar-refractivity contribution in [1.29, 1.82) is 0 Å². The molecule has 8 heterocycles. The lowest BCUT2D eigenvalue weighted by atomic mass is 9.87. The molecule has 8 aromatic rings. The molecule has 1 aromatic carbocycles.